The quantitative estimate of drug-likeness (QED) is 0.817. The number of aliphatic hydroxyl groups excluding tert-OH is 1. The second-order valence-corrected chi connectivity index (χ2v) is 6.98. The minimum Gasteiger partial charge on any atom is -0.454 e. The average molecular weight is 344 g/mol. The Labute approximate surface area is 147 Å². The van der Waals surface area contributed by atoms with E-state index in [9.17, 15) is 9.90 Å². The predicted molar refractivity (Wildman–Crippen MR) is 93.3 cm³/mol. The number of carbonyl (C=O) groups is 1. The number of piperazine rings is 1. The Morgan fingerprint density at radius 1 is 1.20 bits per heavy atom. The zero-order chi connectivity index (χ0) is 17.2. The summed E-state index contributed by atoms with van der Waals surface area (Å²) in [5.41, 5.74) is 0.920. The Morgan fingerprint density at radius 3 is 2.72 bits per heavy atom. The number of carbonyl (C=O) groups excluding carboxylic acids is 1. The van der Waals surface area contributed by atoms with Gasteiger partial charge in [0.15, 0.2) is 11.5 Å². The van der Waals surface area contributed by atoms with Crippen LogP contribution in [0, 0.1) is 5.92 Å². The van der Waals surface area contributed by atoms with E-state index < -0.39 is 0 Å². The van der Waals surface area contributed by atoms with E-state index in [4.69, 9.17) is 9.47 Å². The second kappa shape index (κ2) is 7.06. The van der Waals surface area contributed by atoms with Crippen molar-refractivity contribution in [3.8, 4) is 11.5 Å². The van der Waals surface area contributed by atoms with E-state index in [1.807, 2.05) is 29.2 Å². The molecule has 0 spiro atoms. The molecule has 1 N–H and O–H groups in total. The van der Waals surface area contributed by atoms with E-state index in [-0.39, 0.29) is 18.8 Å². The van der Waals surface area contributed by atoms with E-state index in [1.165, 1.54) is 0 Å². The second-order valence-electron chi connectivity index (χ2n) is 6.98. The number of fused-ring (bicyclic) bond motifs is 1. The van der Waals surface area contributed by atoms with Crippen molar-refractivity contribution in [2.24, 2.45) is 5.92 Å². The van der Waals surface area contributed by atoms with Crippen molar-refractivity contribution in [2.75, 3.05) is 39.5 Å². The smallest absolute Gasteiger partial charge is 0.246 e. The van der Waals surface area contributed by atoms with Gasteiger partial charge in [0.25, 0.3) is 0 Å². The minimum absolute atomic E-state index is 0.0278. The van der Waals surface area contributed by atoms with Gasteiger partial charge in [0.05, 0.1) is 6.10 Å². The van der Waals surface area contributed by atoms with Crippen LogP contribution in [0.15, 0.2) is 24.3 Å². The van der Waals surface area contributed by atoms with Crippen molar-refractivity contribution >= 4 is 12.0 Å². The summed E-state index contributed by atoms with van der Waals surface area (Å²) in [6.07, 6.45) is 5.54. The summed E-state index contributed by atoms with van der Waals surface area (Å²) in [6.45, 7) is 4.06. The molecule has 1 aromatic carbocycles. The van der Waals surface area contributed by atoms with Crippen molar-refractivity contribution in [3.05, 3.63) is 29.8 Å². The minimum atomic E-state index is -0.201. The molecule has 2 aliphatic heterocycles. The fourth-order valence-corrected chi connectivity index (χ4v) is 3.34. The largest absolute Gasteiger partial charge is 0.454 e. The molecule has 6 nitrogen and oxygen atoms in total. The standard InChI is InChI=1S/C19H24N2O4/c22-16(15-3-4-15)12-20-7-9-21(10-8-20)19(23)6-2-14-1-5-17-18(11-14)25-13-24-17/h1-2,5-6,11,15-16,22H,3-4,7-10,12-13H2/b6-2+/t16-/m1/s1. The molecular formula is C19H24N2O4. The van der Waals surface area contributed by atoms with Gasteiger partial charge in [-0.3, -0.25) is 9.69 Å². The Kier molecular flexibility index (Phi) is 4.63. The summed E-state index contributed by atoms with van der Waals surface area (Å²) in [7, 11) is 0. The lowest BCUT2D eigenvalue weighted by molar-refractivity contribution is -0.127. The Balaban J connectivity index is 1.27. The molecule has 2 fully saturated rings. The molecule has 3 aliphatic rings. The van der Waals surface area contributed by atoms with Gasteiger partial charge in [0, 0.05) is 38.8 Å². The van der Waals surface area contributed by atoms with Crippen LogP contribution in [0.1, 0.15) is 18.4 Å². The third-order valence-electron chi connectivity index (χ3n) is 5.11. The molecule has 1 aliphatic carbocycles. The van der Waals surface area contributed by atoms with E-state index in [0.29, 0.717) is 19.0 Å². The summed E-state index contributed by atoms with van der Waals surface area (Å²) in [5, 5.41) is 10.0. The number of benzene rings is 1. The average Bonchev–Trinajstić information content (AvgIpc) is 3.38. The molecule has 4 rings (SSSR count). The summed E-state index contributed by atoms with van der Waals surface area (Å²) >= 11 is 0. The fourth-order valence-electron chi connectivity index (χ4n) is 3.34. The highest BCUT2D eigenvalue weighted by atomic mass is 16.7. The van der Waals surface area contributed by atoms with Crippen molar-refractivity contribution in [1.29, 1.82) is 0 Å². The maximum Gasteiger partial charge on any atom is 0.246 e. The Morgan fingerprint density at radius 2 is 1.96 bits per heavy atom. The van der Waals surface area contributed by atoms with Gasteiger partial charge in [0.1, 0.15) is 0 Å². The van der Waals surface area contributed by atoms with Gasteiger partial charge in [0.2, 0.25) is 12.7 Å². The first-order valence-electron chi connectivity index (χ1n) is 8.96. The van der Waals surface area contributed by atoms with Crippen LogP contribution in [0.4, 0.5) is 0 Å². The lowest BCUT2D eigenvalue weighted by Gasteiger charge is -2.35. The van der Waals surface area contributed by atoms with Crippen LogP contribution < -0.4 is 9.47 Å². The zero-order valence-electron chi connectivity index (χ0n) is 14.3. The van der Waals surface area contributed by atoms with Crippen LogP contribution >= 0.6 is 0 Å². The van der Waals surface area contributed by atoms with Crippen molar-refractivity contribution in [3.63, 3.8) is 0 Å². The number of β-amino-alcohol motifs (C(OH)–C–C–N with tert-alkyl or cyclic N) is 1. The number of nitrogens with zero attached hydrogens (tertiary/aromatic N) is 2. The number of aliphatic hydroxyl groups is 1. The van der Waals surface area contributed by atoms with Crippen LogP contribution in [-0.4, -0.2) is 66.4 Å². The predicted octanol–water partition coefficient (Wildman–Crippen LogP) is 1.34. The highest BCUT2D eigenvalue weighted by Crippen LogP contribution is 2.33. The molecule has 1 aromatic rings. The normalized spacial score (nSPS) is 21.7. The summed E-state index contributed by atoms with van der Waals surface area (Å²) in [5.74, 6) is 2.00. The van der Waals surface area contributed by atoms with Crippen LogP contribution in [0.3, 0.4) is 0 Å². The van der Waals surface area contributed by atoms with Crippen molar-refractivity contribution in [2.45, 2.75) is 18.9 Å². The molecule has 0 unspecified atom stereocenters. The first-order valence-corrected chi connectivity index (χ1v) is 8.96. The lowest BCUT2D eigenvalue weighted by Crippen LogP contribution is -2.50. The topological polar surface area (TPSA) is 62.2 Å². The number of hydrogen-bond acceptors (Lipinski definition) is 5. The summed E-state index contributed by atoms with van der Waals surface area (Å²) < 4.78 is 10.6. The Hall–Kier alpha value is -2.05. The third-order valence-corrected chi connectivity index (χ3v) is 5.11. The molecule has 25 heavy (non-hydrogen) atoms. The zero-order valence-corrected chi connectivity index (χ0v) is 14.3. The van der Waals surface area contributed by atoms with Gasteiger partial charge in [-0.15, -0.1) is 0 Å². The van der Waals surface area contributed by atoms with E-state index in [2.05, 4.69) is 4.90 Å². The molecule has 1 saturated carbocycles. The molecule has 1 saturated heterocycles. The van der Waals surface area contributed by atoms with E-state index in [0.717, 1.165) is 49.5 Å². The molecule has 0 aromatic heterocycles. The number of hydrogen-bond donors (Lipinski definition) is 1. The molecule has 0 radical (unpaired) electrons. The molecule has 134 valence electrons. The van der Waals surface area contributed by atoms with Crippen molar-refractivity contribution in [1.82, 2.24) is 9.80 Å². The lowest BCUT2D eigenvalue weighted by atomic mass is 10.1. The number of ether oxygens (including phenoxy) is 2. The van der Waals surface area contributed by atoms with Gasteiger partial charge in [-0.1, -0.05) is 6.07 Å². The molecular weight excluding hydrogens is 320 g/mol. The van der Waals surface area contributed by atoms with E-state index in [1.54, 1.807) is 6.08 Å². The van der Waals surface area contributed by atoms with Crippen LogP contribution in [0.25, 0.3) is 6.08 Å². The summed E-state index contributed by atoms with van der Waals surface area (Å²) in [6, 6.07) is 5.65. The monoisotopic (exact) mass is 344 g/mol. The molecule has 2 heterocycles. The molecule has 1 amide bonds. The SMILES string of the molecule is O=C(/C=C/c1ccc2c(c1)OCO2)N1CCN(C[C@@H](O)C2CC2)CC1. The highest BCUT2D eigenvalue weighted by Gasteiger charge is 2.31. The first kappa shape index (κ1) is 16.4. The van der Waals surface area contributed by atoms with Gasteiger partial charge < -0.3 is 19.5 Å². The van der Waals surface area contributed by atoms with E-state index >= 15 is 0 Å². The fraction of sp³-hybridized carbons (Fsp3) is 0.526. The molecule has 6 heteroatoms. The van der Waals surface area contributed by atoms with Gasteiger partial charge in [-0.25, -0.2) is 0 Å². The maximum absolute atomic E-state index is 12.4. The first-order chi connectivity index (χ1) is 12.2. The highest BCUT2D eigenvalue weighted by molar-refractivity contribution is 5.92. The third kappa shape index (κ3) is 3.96. The van der Waals surface area contributed by atoms with Gasteiger partial charge in [-0.05, 0) is 42.5 Å². The molecule has 1 atom stereocenters. The van der Waals surface area contributed by atoms with Crippen LogP contribution in [0.2, 0.25) is 0 Å². The van der Waals surface area contributed by atoms with Crippen molar-refractivity contribution < 1.29 is 19.4 Å². The number of rotatable bonds is 5. The van der Waals surface area contributed by atoms with Crippen LogP contribution in [0.5, 0.6) is 11.5 Å². The number of amides is 1. The molecule has 0 bridgehead atoms. The summed E-state index contributed by atoms with van der Waals surface area (Å²) in [4.78, 5) is 16.5. The van der Waals surface area contributed by atoms with Crippen LogP contribution in [-0.2, 0) is 4.79 Å². The van der Waals surface area contributed by atoms with Gasteiger partial charge >= 0.3 is 0 Å². The maximum atomic E-state index is 12.4. The van der Waals surface area contributed by atoms with Gasteiger partial charge in [-0.2, -0.15) is 0 Å². The Bertz CT molecular complexity index is 663.